The maximum absolute atomic E-state index is 9.35. The van der Waals surface area contributed by atoms with Gasteiger partial charge < -0.3 is 5.11 Å². The van der Waals surface area contributed by atoms with Crippen LogP contribution in [0.4, 0.5) is 0 Å². The summed E-state index contributed by atoms with van der Waals surface area (Å²) in [6.07, 6.45) is 3.52. The molecule has 1 aliphatic rings. The quantitative estimate of drug-likeness (QED) is 0.527. The number of hydrogen-bond acceptors (Lipinski definition) is 1. The molecule has 0 aliphatic heterocycles. The minimum Gasteiger partial charge on any atom is -0.393 e. The molecule has 0 radical (unpaired) electrons. The van der Waals surface area contributed by atoms with E-state index in [1.807, 2.05) is 0 Å². The monoisotopic (exact) mass is 128 g/mol. The van der Waals surface area contributed by atoms with Gasteiger partial charge in [-0.1, -0.05) is 26.7 Å². The standard InChI is InChI=1S/C8H16O/c1-6-4-3-5-8(9)7(6)2/h6-9H,3-5H2,1-2H3/t6-,7+,8+/m1/s1. The molecule has 1 N–H and O–H groups in total. The van der Waals surface area contributed by atoms with Crippen molar-refractivity contribution in [2.75, 3.05) is 0 Å². The van der Waals surface area contributed by atoms with Crippen molar-refractivity contribution in [3.05, 3.63) is 0 Å². The third kappa shape index (κ3) is 1.45. The Hall–Kier alpha value is -0.0400. The fraction of sp³-hybridized carbons (Fsp3) is 1.00. The zero-order valence-corrected chi connectivity index (χ0v) is 6.30. The van der Waals surface area contributed by atoms with Crippen molar-refractivity contribution in [2.45, 2.75) is 39.2 Å². The van der Waals surface area contributed by atoms with Gasteiger partial charge in [0, 0.05) is 0 Å². The molecule has 0 aromatic heterocycles. The van der Waals surface area contributed by atoms with E-state index in [1.165, 1.54) is 12.8 Å². The summed E-state index contributed by atoms with van der Waals surface area (Å²) >= 11 is 0. The van der Waals surface area contributed by atoms with E-state index in [2.05, 4.69) is 13.8 Å². The van der Waals surface area contributed by atoms with Crippen LogP contribution < -0.4 is 0 Å². The second kappa shape index (κ2) is 2.70. The average molecular weight is 128 g/mol. The third-order valence-corrected chi connectivity index (χ3v) is 2.66. The van der Waals surface area contributed by atoms with Crippen LogP contribution in [0.3, 0.4) is 0 Å². The maximum atomic E-state index is 9.35. The lowest BCUT2D eigenvalue weighted by molar-refractivity contribution is 0.0486. The van der Waals surface area contributed by atoms with Gasteiger partial charge in [-0.25, -0.2) is 0 Å². The first-order valence-corrected chi connectivity index (χ1v) is 3.90. The minimum atomic E-state index is -0.0197. The van der Waals surface area contributed by atoms with E-state index in [-0.39, 0.29) is 6.10 Å². The van der Waals surface area contributed by atoms with Crippen molar-refractivity contribution in [2.24, 2.45) is 11.8 Å². The first kappa shape index (κ1) is 7.07. The van der Waals surface area contributed by atoms with Crippen LogP contribution in [-0.2, 0) is 0 Å². The molecule has 0 aromatic carbocycles. The molecule has 1 nitrogen and oxygen atoms in total. The highest BCUT2D eigenvalue weighted by atomic mass is 16.3. The predicted octanol–water partition coefficient (Wildman–Crippen LogP) is 1.80. The van der Waals surface area contributed by atoms with E-state index >= 15 is 0 Å². The molecule has 0 unspecified atom stereocenters. The first-order chi connectivity index (χ1) is 4.22. The van der Waals surface area contributed by atoms with Crippen molar-refractivity contribution in [1.82, 2.24) is 0 Å². The normalized spacial score (nSPS) is 45.0. The van der Waals surface area contributed by atoms with Gasteiger partial charge in [0.15, 0.2) is 0 Å². The maximum Gasteiger partial charge on any atom is 0.0568 e. The van der Waals surface area contributed by atoms with E-state index in [1.54, 1.807) is 0 Å². The van der Waals surface area contributed by atoms with Crippen LogP contribution >= 0.6 is 0 Å². The van der Waals surface area contributed by atoms with Gasteiger partial charge in [0.25, 0.3) is 0 Å². The van der Waals surface area contributed by atoms with Crippen molar-refractivity contribution in [1.29, 1.82) is 0 Å². The Morgan fingerprint density at radius 3 is 2.33 bits per heavy atom. The van der Waals surface area contributed by atoms with E-state index in [9.17, 15) is 5.11 Å². The minimum absolute atomic E-state index is 0.0197. The summed E-state index contributed by atoms with van der Waals surface area (Å²) in [5.74, 6) is 1.26. The zero-order chi connectivity index (χ0) is 6.85. The summed E-state index contributed by atoms with van der Waals surface area (Å²) in [6, 6.07) is 0. The van der Waals surface area contributed by atoms with Crippen molar-refractivity contribution in [3.8, 4) is 0 Å². The van der Waals surface area contributed by atoms with Crippen molar-refractivity contribution < 1.29 is 5.11 Å². The molecule has 9 heavy (non-hydrogen) atoms. The van der Waals surface area contributed by atoms with Crippen LogP contribution in [0.2, 0.25) is 0 Å². The molecule has 1 rings (SSSR count). The summed E-state index contributed by atoms with van der Waals surface area (Å²) < 4.78 is 0. The molecular formula is C8H16O. The first-order valence-electron chi connectivity index (χ1n) is 3.90. The summed E-state index contributed by atoms with van der Waals surface area (Å²) in [7, 11) is 0. The van der Waals surface area contributed by atoms with E-state index in [0.29, 0.717) is 5.92 Å². The van der Waals surface area contributed by atoms with Gasteiger partial charge >= 0.3 is 0 Å². The van der Waals surface area contributed by atoms with Gasteiger partial charge in [0.05, 0.1) is 6.10 Å². The Kier molecular flexibility index (Phi) is 2.12. The van der Waals surface area contributed by atoms with Gasteiger partial charge in [-0.15, -0.1) is 0 Å². The predicted molar refractivity (Wildman–Crippen MR) is 38.2 cm³/mol. The molecule has 54 valence electrons. The lowest BCUT2D eigenvalue weighted by Gasteiger charge is -2.30. The van der Waals surface area contributed by atoms with Gasteiger partial charge in [0.2, 0.25) is 0 Å². The Labute approximate surface area is 57.1 Å². The highest BCUT2D eigenvalue weighted by Crippen LogP contribution is 2.28. The molecule has 0 saturated heterocycles. The molecule has 0 spiro atoms. The van der Waals surface area contributed by atoms with E-state index in [0.717, 1.165) is 12.3 Å². The summed E-state index contributed by atoms with van der Waals surface area (Å²) in [5.41, 5.74) is 0. The molecule has 0 aromatic rings. The fourth-order valence-electron chi connectivity index (χ4n) is 1.55. The van der Waals surface area contributed by atoms with Crippen LogP contribution in [0.5, 0.6) is 0 Å². The number of rotatable bonds is 0. The van der Waals surface area contributed by atoms with Gasteiger partial charge in [-0.05, 0) is 18.3 Å². The van der Waals surface area contributed by atoms with Crippen molar-refractivity contribution >= 4 is 0 Å². The van der Waals surface area contributed by atoms with Crippen LogP contribution in [0, 0.1) is 11.8 Å². The van der Waals surface area contributed by atoms with Crippen LogP contribution in [0.15, 0.2) is 0 Å². The molecule has 0 amide bonds. The highest BCUT2D eigenvalue weighted by Gasteiger charge is 2.24. The van der Waals surface area contributed by atoms with Gasteiger partial charge in [-0.2, -0.15) is 0 Å². The van der Waals surface area contributed by atoms with Gasteiger partial charge in [0.1, 0.15) is 0 Å². The Bertz CT molecular complexity index is 80.6. The van der Waals surface area contributed by atoms with Crippen molar-refractivity contribution in [3.63, 3.8) is 0 Å². The molecular weight excluding hydrogens is 112 g/mol. The Balaban J connectivity index is 2.41. The lowest BCUT2D eigenvalue weighted by Crippen LogP contribution is -2.28. The third-order valence-electron chi connectivity index (χ3n) is 2.66. The molecule has 0 bridgehead atoms. The van der Waals surface area contributed by atoms with E-state index in [4.69, 9.17) is 0 Å². The average Bonchev–Trinajstić information content (AvgIpc) is 1.83. The molecule has 1 fully saturated rings. The second-order valence-electron chi connectivity index (χ2n) is 3.33. The largest absolute Gasteiger partial charge is 0.393 e. The van der Waals surface area contributed by atoms with Crippen LogP contribution in [0.25, 0.3) is 0 Å². The fourth-order valence-corrected chi connectivity index (χ4v) is 1.55. The second-order valence-corrected chi connectivity index (χ2v) is 3.33. The highest BCUT2D eigenvalue weighted by molar-refractivity contribution is 4.75. The number of hydrogen-bond donors (Lipinski definition) is 1. The SMILES string of the molecule is C[C@H]1[C@H](C)CCC[C@@H]1O. The van der Waals surface area contributed by atoms with Crippen LogP contribution in [-0.4, -0.2) is 11.2 Å². The summed E-state index contributed by atoms with van der Waals surface area (Å²) in [4.78, 5) is 0. The number of aliphatic hydroxyl groups is 1. The summed E-state index contributed by atoms with van der Waals surface area (Å²) in [6.45, 7) is 4.38. The topological polar surface area (TPSA) is 20.2 Å². The summed E-state index contributed by atoms with van der Waals surface area (Å²) in [5, 5.41) is 9.35. The number of aliphatic hydroxyl groups excluding tert-OH is 1. The Morgan fingerprint density at radius 2 is 1.89 bits per heavy atom. The van der Waals surface area contributed by atoms with Gasteiger partial charge in [-0.3, -0.25) is 0 Å². The lowest BCUT2D eigenvalue weighted by atomic mass is 9.80. The Morgan fingerprint density at radius 1 is 1.22 bits per heavy atom. The van der Waals surface area contributed by atoms with Crippen LogP contribution in [0.1, 0.15) is 33.1 Å². The smallest absolute Gasteiger partial charge is 0.0568 e. The molecule has 1 aliphatic carbocycles. The van der Waals surface area contributed by atoms with E-state index < -0.39 is 0 Å². The molecule has 3 atom stereocenters. The molecule has 1 saturated carbocycles. The molecule has 1 heteroatoms. The zero-order valence-electron chi connectivity index (χ0n) is 6.30. The molecule has 0 heterocycles.